The van der Waals surface area contributed by atoms with Crippen LogP contribution in [0.5, 0.6) is 5.75 Å². The number of Topliss-reactive ketones (excluding diaryl/α,β-unsaturated/α-hetero) is 1. The summed E-state index contributed by atoms with van der Waals surface area (Å²) in [6, 6.07) is 15.6. The summed E-state index contributed by atoms with van der Waals surface area (Å²) in [7, 11) is 0. The second-order valence-corrected chi connectivity index (χ2v) is 6.11. The molecule has 1 aliphatic rings. The van der Waals surface area contributed by atoms with Gasteiger partial charge >= 0.3 is 0 Å². The van der Waals surface area contributed by atoms with Crippen molar-refractivity contribution < 1.29 is 9.53 Å². The summed E-state index contributed by atoms with van der Waals surface area (Å²) in [5.74, 6) is 1.51. The minimum atomic E-state index is -0.0363. The molecule has 1 aliphatic heterocycles. The van der Waals surface area contributed by atoms with Gasteiger partial charge in [0.1, 0.15) is 5.75 Å². The van der Waals surface area contributed by atoms with Crippen molar-refractivity contribution in [3.8, 4) is 5.75 Å². The third-order valence-corrected chi connectivity index (χ3v) is 3.81. The fraction of sp³-hybridized carbons (Fsp3) is 0.316. The summed E-state index contributed by atoms with van der Waals surface area (Å²) in [5.41, 5.74) is 2.73. The first-order chi connectivity index (χ1) is 10.6. The first-order valence-corrected chi connectivity index (χ1v) is 7.75. The molecular formula is C19H21NO2. The van der Waals surface area contributed by atoms with Gasteiger partial charge in [-0.1, -0.05) is 44.2 Å². The molecule has 2 aromatic carbocycles. The maximum Gasteiger partial charge on any atom is 0.167 e. The third-order valence-electron chi connectivity index (χ3n) is 3.81. The van der Waals surface area contributed by atoms with Gasteiger partial charge in [0, 0.05) is 23.2 Å². The fourth-order valence-corrected chi connectivity index (χ4v) is 2.73. The van der Waals surface area contributed by atoms with E-state index in [1.165, 1.54) is 0 Å². The number of ketones is 1. The van der Waals surface area contributed by atoms with E-state index >= 15 is 0 Å². The second kappa shape index (κ2) is 6.22. The number of ether oxygens (including phenoxy) is 1. The Balaban J connectivity index is 1.88. The van der Waals surface area contributed by atoms with Gasteiger partial charge < -0.3 is 10.1 Å². The fourth-order valence-electron chi connectivity index (χ4n) is 2.73. The normalized spacial score (nSPS) is 17.0. The molecule has 1 heterocycles. The number of nitrogens with one attached hydrogen (secondary N) is 1. The summed E-state index contributed by atoms with van der Waals surface area (Å²) in [5, 5.41) is 3.47. The van der Waals surface area contributed by atoms with Crippen molar-refractivity contribution in [2.75, 3.05) is 11.9 Å². The highest BCUT2D eigenvalue weighted by Gasteiger charge is 2.27. The predicted octanol–water partition coefficient (Wildman–Crippen LogP) is 4.46. The highest BCUT2D eigenvalue weighted by atomic mass is 16.5. The smallest absolute Gasteiger partial charge is 0.167 e. The van der Waals surface area contributed by atoms with E-state index in [0.29, 0.717) is 18.9 Å². The van der Waals surface area contributed by atoms with Crippen LogP contribution in [0.4, 0.5) is 5.69 Å². The van der Waals surface area contributed by atoms with Crippen LogP contribution in [0, 0.1) is 5.92 Å². The number of hydrogen-bond acceptors (Lipinski definition) is 3. The van der Waals surface area contributed by atoms with Crippen molar-refractivity contribution in [3.63, 3.8) is 0 Å². The number of benzene rings is 2. The van der Waals surface area contributed by atoms with Gasteiger partial charge in [0.15, 0.2) is 5.78 Å². The Hall–Kier alpha value is -2.29. The Morgan fingerprint density at radius 2 is 1.86 bits per heavy atom. The van der Waals surface area contributed by atoms with Crippen molar-refractivity contribution in [3.05, 3.63) is 59.7 Å². The van der Waals surface area contributed by atoms with Crippen LogP contribution < -0.4 is 10.1 Å². The van der Waals surface area contributed by atoms with Crippen LogP contribution in [0.25, 0.3) is 0 Å². The van der Waals surface area contributed by atoms with Gasteiger partial charge in [-0.05, 0) is 24.1 Å². The van der Waals surface area contributed by atoms with Crippen LogP contribution in [0.15, 0.2) is 48.5 Å². The van der Waals surface area contributed by atoms with Crippen LogP contribution in [-0.4, -0.2) is 12.4 Å². The summed E-state index contributed by atoms with van der Waals surface area (Å²) < 4.78 is 5.92. The Morgan fingerprint density at radius 1 is 1.14 bits per heavy atom. The zero-order valence-corrected chi connectivity index (χ0v) is 13.0. The number of anilines is 1. The Labute approximate surface area is 131 Å². The highest BCUT2D eigenvalue weighted by molar-refractivity contribution is 6.03. The number of carbonyl (C=O) groups is 1. The minimum absolute atomic E-state index is 0.0363. The standard InChI is InChI=1S/C19H21NO2/c1-13(2)12-22-19-10-6-4-8-15(19)17-11-18(21)14-7-3-5-9-16(14)20-17/h3-10,13,17,20H,11-12H2,1-2H3. The van der Waals surface area contributed by atoms with Crippen LogP contribution in [0.2, 0.25) is 0 Å². The molecule has 0 amide bonds. The molecule has 0 aromatic heterocycles. The van der Waals surface area contributed by atoms with Crippen LogP contribution in [0.1, 0.15) is 42.2 Å². The summed E-state index contributed by atoms with van der Waals surface area (Å²) in [6.45, 7) is 4.93. The first kappa shape index (κ1) is 14.6. The molecule has 3 rings (SSSR count). The number of fused-ring (bicyclic) bond motifs is 1. The van der Waals surface area contributed by atoms with Crippen molar-refractivity contribution in [1.29, 1.82) is 0 Å². The molecule has 3 nitrogen and oxygen atoms in total. The van der Waals surface area contributed by atoms with Crippen LogP contribution in [-0.2, 0) is 0 Å². The highest BCUT2D eigenvalue weighted by Crippen LogP contribution is 2.36. The maximum absolute atomic E-state index is 12.4. The molecule has 114 valence electrons. The van der Waals surface area contributed by atoms with E-state index in [9.17, 15) is 4.79 Å². The average molecular weight is 295 g/mol. The molecule has 1 N–H and O–H groups in total. The molecular weight excluding hydrogens is 274 g/mol. The Bertz CT molecular complexity index is 679. The minimum Gasteiger partial charge on any atom is -0.493 e. The van der Waals surface area contributed by atoms with E-state index in [2.05, 4.69) is 19.2 Å². The molecule has 3 heteroatoms. The van der Waals surface area contributed by atoms with Gasteiger partial charge in [0.05, 0.1) is 12.6 Å². The molecule has 1 atom stereocenters. The lowest BCUT2D eigenvalue weighted by atomic mass is 9.92. The van der Waals surface area contributed by atoms with Gasteiger partial charge in [0.25, 0.3) is 0 Å². The Kier molecular flexibility index (Phi) is 4.14. The van der Waals surface area contributed by atoms with E-state index < -0.39 is 0 Å². The molecule has 2 aromatic rings. The number of para-hydroxylation sites is 2. The van der Waals surface area contributed by atoms with Crippen molar-refractivity contribution >= 4 is 11.5 Å². The maximum atomic E-state index is 12.4. The van der Waals surface area contributed by atoms with E-state index in [0.717, 1.165) is 22.6 Å². The molecule has 0 spiro atoms. The average Bonchev–Trinajstić information content (AvgIpc) is 2.53. The molecule has 0 saturated carbocycles. The molecule has 0 fully saturated rings. The Morgan fingerprint density at radius 3 is 2.68 bits per heavy atom. The molecule has 0 saturated heterocycles. The monoisotopic (exact) mass is 295 g/mol. The third kappa shape index (κ3) is 2.98. The molecule has 1 unspecified atom stereocenters. The van der Waals surface area contributed by atoms with Gasteiger partial charge in [-0.25, -0.2) is 0 Å². The molecule has 0 bridgehead atoms. The number of carbonyl (C=O) groups excluding carboxylic acids is 1. The zero-order valence-electron chi connectivity index (χ0n) is 13.0. The zero-order chi connectivity index (χ0) is 15.5. The van der Waals surface area contributed by atoms with E-state index in [-0.39, 0.29) is 11.8 Å². The van der Waals surface area contributed by atoms with Crippen molar-refractivity contribution in [2.24, 2.45) is 5.92 Å². The number of rotatable bonds is 4. The predicted molar refractivity (Wildman–Crippen MR) is 88.5 cm³/mol. The SMILES string of the molecule is CC(C)COc1ccccc1C1CC(=O)c2ccccc2N1. The van der Waals surface area contributed by atoms with E-state index in [1.54, 1.807) is 0 Å². The number of hydrogen-bond donors (Lipinski definition) is 1. The van der Waals surface area contributed by atoms with Gasteiger partial charge in [-0.3, -0.25) is 4.79 Å². The van der Waals surface area contributed by atoms with Gasteiger partial charge in [-0.15, -0.1) is 0 Å². The molecule has 0 aliphatic carbocycles. The van der Waals surface area contributed by atoms with Crippen molar-refractivity contribution in [1.82, 2.24) is 0 Å². The van der Waals surface area contributed by atoms with Crippen molar-refractivity contribution in [2.45, 2.75) is 26.3 Å². The lowest BCUT2D eigenvalue weighted by molar-refractivity contribution is 0.0972. The van der Waals surface area contributed by atoms with Crippen LogP contribution >= 0.6 is 0 Å². The largest absolute Gasteiger partial charge is 0.493 e. The van der Waals surface area contributed by atoms with Gasteiger partial charge in [-0.2, -0.15) is 0 Å². The lowest BCUT2D eigenvalue weighted by Gasteiger charge is -2.28. The van der Waals surface area contributed by atoms with E-state index in [1.807, 2.05) is 48.5 Å². The summed E-state index contributed by atoms with van der Waals surface area (Å²) in [4.78, 5) is 12.4. The molecule has 0 radical (unpaired) electrons. The quantitative estimate of drug-likeness (QED) is 0.905. The van der Waals surface area contributed by atoms with E-state index in [4.69, 9.17) is 4.74 Å². The first-order valence-electron chi connectivity index (χ1n) is 7.75. The summed E-state index contributed by atoms with van der Waals surface area (Å²) in [6.07, 6.45) is 0.457. The topological polar surface area (TPSA) is 38.3 Å². The van der Waals surface area contributed by atoms with Gasteiger partial charge in [0.2, 0.25) is 0 Å². The summed E-state index contributed by atoms with van der Waals surface area (Å²) >= 11 is 0. The lowest BCUT2D eigenvalue weighted by Crippen LogP contribution is -2.23. The van der Waals surface area contributed by atoms with Crippen LogP contribution in [0.3, 0.4) is 0 Å². The molecule has 22 heavy (non-hydrogen) atoms. The second-order valence-electron chi connectivity index (χ2n) is 6.11.